The molecule has 2 aromatic carbocycles. The number of carbonyl (C=O) groups is 3. The lowest BCUT2D eigenvalue weighted by atomic mass is 10.1. The van der Waals surface area contributed by atoms with Crippen LogP contribution in [0.1, 0.15) is 20.7 Å². The molecule has 1 aromatic heterocycles. The second-order valence-corrected chi connectivity index (χ2v) is 6.30. The molecule has 3 aromatic rings. The van der Waals surface area contributed by atoms with Gasteiger partial charge in [-0.2, -0.15) is 0 Å². The maximum atomic E-state index is 12.4. The maximum Gasteiger partial charge on any atom is 0.262 e. The van der Waals surface area contributed by atoms with Crippen LogP contribution in [-0.4, -0.2) is 34.3 Å². The fourth-order valence-corrected chi connectivity index (χ4v) is 2.98. The summed E-state index contributed by atoms with van der Waals surface area (Å²) in [6.45, 7) is -0.424. The Balaban J connectivity index is 1.50. The molecule has 4 rings (SSSR count). The summed E-state index contributed by atoms with van der Waals surface area (Å²) in [5.41, 5.74) is 1.88. The number of benzene rings is 2. The minimum Gasteiger partial charge on any atom is -0.338 e. The van der Waals surface area contributed by atoms with Gasteiger partial charge in [0.1, 0.15) is 6.54 Å². The van der Waals surface area contributed by atoms with E-state index in [2.05, 4.69) is 10.5 Å². The minimum atomic E-state index is -0.573. The van der Waals surface area contributed by atoms with Crippen LogP contribution in [0.4, 0.5) is 5.88 Å². The summed E-state index contributed by atoms with van der Waals surface area (Å²) in [6, 6.07) is 13.4. The summed E-state index contributed by atoms with van der Waals surface area (Å²) >= 11 is 5.88. The predicted octanol–water partition coefficient (Wildman–Crippen LogP) is 3.23. The lowest BCUT2D eigenvalue weighted by Crippen LogP contribution is -2.37. The number of amides is 3. The van der Waals surface area contributed by atoms with Gasteiger partial charge >= 0.3 is 0 Å². The number of hydrogen-bond donors (Lipinski definition) is 1. The van der Waals surface area contributed by atoms with Crippen LogP contribution in [0.3, 0.4) is 0 Å². The average Bonchev–Trinajstić information content (AvgIpc) is 3.22. The lowest BCUT2D eigenvalue weighted by molar-refractivity contribution is -0.116. The fraction of sp³-hybridized carbons (Fsp3) is 0.0526. The van der Waals surface area contributed by atoms with Gasteiger partial charge in [0.2, 0.25) is 11.8 Å². The van der Waals surface area contributed by atoms with Gasteiger partial charge in [0.25, 0.3) is 11.8 Å². The highest BCUT2D eigenvalue weighted by Crippen LogP contribution is 2.29. The van der Waals surface area contributed by atoms with Crippen molar-refractivity contribution in [1.29, 1.82) is 0 Å². The van der Waals surface area contributed by atoms with E-state index in [4.69, 9.17) is 16.1 Å². The highest BCUT2D eigenvalue weighted by Gasteiger charge is 2.36. The molecule has 0 unspecified atom stereocenters. The molecule has 8 heteroatoms. The molecule has 1 aliphatic heterocycles. The number of halogens is 1. The first-order valence-corrected chi connectivity index (χ1v) is 8.38. The zero-order chi connectivity index (χ0) is 19.0. The van der Waals surface area contributed by atoms with Crippen molar-refractivity contribution in [2.75, 3.05) is 11.9 Å². The number of hydrogen-bond acceptors (Lipinski definition) is 5. The molecule has 0 saturated carbocycles. The second-order valence-electron chi connectivity index (χ2n) is 5.87. The van der Waals surface area contributed by atoms with Crippen molar-refractivity contribution in [1.82, 2.24) is 10.1 Å². The van der Waals surface area contributed by atoms with E-state index in [0.29, 0.717) is 10.6 Å². The second kappa shape index (κ2) is 6.69. The van der Waals surface area contributed by atoms with Gasteiger partial charge in [-0.05, 0) is 29.8 Å². The van der Waals surface area contributed by atoms with Gasteiger partial charge in [-0.1, -0.05) is 41.0 Å². The van der Waals surface area contributed by atoms with Gasteiger partial charge in [-0.3, -0.25) is 24.6 Å². The number of fused-ring (bicyclic) bond motifs is 1. The molecule has 0 aliphatic carbocycles. The third kappa shape index (κ3) is 3.09. The van der Waals surface area contributed by atoms with Gasteiger partial charge in [-0.25, -0.2) is 0 Å². The average molecular weight is 382 g/mol. The summed E-state index contributed by atoms with van der Waals surface area (Å²) in [6.07, 6.45) is 1.46. The van der Waals surface area contributed by atoms with Gasteiger partial charge in [-0.15, -0.1) is 0 Å². The van der Waals surface area contributed by atoms with Crippen molar-refractivity contribution in [2.45, 2.75) is 0 Å². The Bertz CT molecular complexity index is 1020. The van der Waals surface area contributed by atoms with E-state index in [-0.39, 0.29) is 17.0 Å². The highest BCUT2D eigenvalue weighted by molar-refractivity contribution is 6.30. The van der Waals surface area contributed by atoms with Crippen molar-refractivity contribution in [2.24, 2.45) is 0 Å². The van der Waals surface area contributed by atoms with E-state index in [0.717, 1.165) is 10.5 Å². The number of imide groups is 1. The maximum absolute atomic E-state index is 12.4. The molecule has 134 valence electrons. The van der Waals surface area contributed by atoms with Gasteiger partial charge in [0.05, 0.1) is 22.9 Å². The van der Waals surface area contributed by atoms with Crippen LogP contribution in [0.2, 0.25) is 5.02 Å². The number of aromatic nitrogens is 1. The van der Waals surface area contributed by atoms with Crippen molar-refractivity contribution in [3.63, 3.8) is 0 Å². The first-order chi connectivity index (χ1) is 13.0. The molecule has 0 fully saturated rings. The Kier molecular flexibility index (Phi) is 4.21. The minimum absolute atomic E-state index is 0.124. The topological polar surface area (TPSA) is 92.5 Å². The van der Waals surface area contributed by atoms with E-state index >= 15 is 0 Å². The smallest absolute Gasteiger partial charge is 0.262 e. The van der Waals surface area contributed by atoms with Crippen molar-refractivity contribution >= 4 is 35.2 Å². The molecule has 1 N–H and O–H groups in total. The third-order valence-corrected chi connectivity index (χ3v) is 4.41. The molecule has 3 amide bonds. The zero-order valence-electron chi connectivity index (χ0n) is 13.8. The molecule has 7 nitrogen and oxygen atoms in total. The monoisotopic (exact) mass is 381 g/mol. The number of anilines is 1. The number of carbonyl (C=O) groups excluding carboxylic acids is 3. The summed E-state index contributed by atoms with van der Waals surface area (Å²) in [5.74, 6) is -1.45. The van der Waals surface area contributed by atoms with Crippen LogP contribution >= 0.6 is 11.6 Å². The quantitative estimate of drug-likeness (QED) is 0.700. The molecule has 0 spiro atoms. The molecule has 2 heterocycles. The molecule has 1 aliphatic rings. The van der Waals surface area contributed by atoms with E-state index in [1.54, 1.807) is 48.5 Å². The SMILES string of the molecule is O=C(CN1C(=O)c2ccccc2C1=O)Nc1oncc1-c1ccc(Cl)cc1. The van der Waals surface area contributed by atoms with Gasteiger partial charge < -0.3 is 4.52 Å². The van der Waals surface area contributed by atoms with E-state index in [9.17, 15) is 14.4 Å². The first-order valence-electron chi connectivity index (χ1n) is 8.00. The molecule has 0 bridgehead atoms. The lowest BCUT2D eigenvalue weighted by Gasteiger charge is -2.13. The Hall–Kier alpha value is -3.45. The molecular formula is C19H12ClN3O4. The Morgan fingerprint density at radius 1 is 1.00 bits per heavy atom. The van der Waals surface area contributed by atoms with Crippen LogP contribution in [0.5, 0.6) is 0 Å². The van der Waals surface area contributed by atoms with Crippen molar-refractivity contribution in [3.05, 3.63) is 70.9 Å². The van der Waals surface area contributed by atoms with Crippen LogP contribution in [0.25, 0.3) is 11.1 Å². The van der Waals surface area contributed by atoms with Crippen molar-refractivity contribution < 1.29 is 18.9 Å². The summed E-state index contributed by atoms with van der Waals surface area (Å²) in [4.78, 5) is 38.0. The van der Waals surface area contributed by atoms with E-state index < -0.39 is 24.3 Å². The molecule has 0 saturated heterocycles. The zero-order valence-corrected chi connectivity index (χ0v) is 14.6. The Morgan fingerprint density at radius 3 is 2.26 bits per heavy atom. The van der Waals surface area contributed by atoms with Gasteiger partial charge in [0, 0.05) is 5.02 Å². The molecular weight excluding hydrogens is 370 g/mol. The fourth-order valence-electron chi connectivity index (χ4n) is 2.86. The Labute approximate surface area is 158 Å². The molecule has 0 atom stereocenters. The number of nitrogens with one attached hydrogen (secondary N) is 1. The van der Waals surface area contributed by atoms with Crippen LogP contribution < -0.4 is 5.32 Å². The summed E-state index contributed by atoms with van der Waals surface area (Å²) in [7, 11) is 0. The van der Waals surface area contributed by atoms with Crippen LogP contribution in [0, 0.1) is 0 Å². The number of rotatable bonds is 4. The normalized spacial score (nSPS) is 13.0. The highest BCUT2D eigenvalue weighted by atomic mass is 35.5. The predicted molar refractivity (Wildman–Crippen MR) is 97.4 cm³/mol. The molecule has 0 radical (unpaired) electrons. The number of nitrogens with zero attached hydrogens (tertiary/aromatic N) is 2. The largest absolute Gasteiger partial charge is 0.338 e. The summed E-state index contributed by atoms with van der Waals surface area (Å²) < 4.78 is 5.10. The van der Waals surface area contributed by atoms with E-state index in [1.807, 2.05) is 0 Å². The van der Waals surface area contributed by atoms with Crippen LogP contribution in [0.15, 0.2) is 59.3 Å². The molecule has 27 heavy (non-hydrogen) atoms. The van der Waals surface area contributed by atoms with Crippen LogP contribution in [-0.2, 0) is 4.79 Å². The van der Waals surface area contributed by atoms with E-state index in [1.165, 1.54) is 6.20 Å². The van der Waals surface area contributed by atoms with Gasteiger partial charge in [0.15, 0.2) is 0 Å². The first kappa shape index (κ1) is 17.0. The summed E-state index contributed by atoms with van der Waals surface area (Å²) in [5, 5.41) is 6.82. The van der Waals surface area contributed by atoms with Crippen molar-refractivity contribution in [3.8, 4) is 11.1 Å². The standard InChI is InChI=1S/C19H12ClN3O4/c20-12-7-5-11(6-8-12)15-9-21-27-17(15)22-16(24)10-23-18(25)13-3-1-2-4-14(13)19(23)26/h1-9H,10H2,(H,22,24). The Morgan fingerprint density at radius 2 is 1.63 bits per heavy atom. The third-order valence-electron chi connectivity index (χ3n) is 4.16.